The summed E-state index contributed by atoms with van der Waals surface area (Å²) in [5, 5.41) is 0. The average Bonchev–Trinajstić information content (AvgIpc) is 2.73. The Hall–Kier alpha value is -2.67. The van der Waals surface area contributed by atoms with E-state index in [1.807, 2.05) is 36.5 Å². The van der Waals surface area contributed by atoms with Crippen LogP contribution in [-0.2, 0) is 24.3 Å². The van der Waals surface area contributed by atoms with Crippen molar-refractivity contribution >= 4 is 6.09 Å². The topological polar surface area (TPSA) is 67.8 Å². The van der Waals surface area contributed by atoms with Gasteiger partial charge in [-0.1, -0.05) is 30.3 Å². The van der Waals surface area contributed by atoms with Crippen LogP contribution in [0.5, 0.6) is 6.01 Å². The Balaban J connectivity index is 1.25. The number of likely N-dealkylation sites (N-methyl/N-ethyl adjacent to an activating group) is 1. The van der Waals surface area contributed by atoms with E-state index in [9.17, 15) is 4.79 Å². The molecule has 28 heavy (non-hydrogen) atoms. The Morgan fingerprint density at radius 3 is 2.75 bits per heavy atom. The highest BCUT2D eigenvalue weighted by Crippen LogP contribution is 2.20. The Morgan fingerprint density at radius 2 is 1.96 bits per heavy atom. The Labute approximate surface area is 165 Å². The minimum Gasteiger partial charge on any atom is -0.460 e. The molecule has 1 aromatic heterocycles. The Kier molecular flexibility index (Phi) is 5.71. The molecule has 2 aromatic rings. The van der Waals surface area contributed by atoms with Crippen LogP contribution in [0.4, 0.5) is 4.79 Å². The highest BCUT2D eigenvalue weighted by atomic mass is 16.6. The van der Waals surface area contributed by atoms with Gasteiger partial charge in [0.1, 0.15) is 12.7 Å². The van der Waals surface area contributed by atoms with E-state index in [2.05, 4.69) is 21.9 Å². The van der Waals surface area contributed by atoms with Crippen LogP contribution in [0.15, 0.2) is 36.5 Å². The molecule has 3 heterocycles. The van der Waals surface area contributed by atoms with Crippen molar-refractivity contribution in [1.29, 1.82) is 0 Å². The summed E-state index contributed by atoms with van der Waals surface area (Å²) in [7, 11) is 2.10. The fraction of sp³-hybridized carbons (Fsp3) is 0.476. The normalized spacial score (nSPS) is 17.8. The van der Waals surface area contributed by atoms with Gasteiger partial charge in [-0.15, -0.1) is 0 Å². The SMILES string of the molecule is CN1CCc2nc(OC3CCN(C(=O)OCc4ccccc4)CC3)ncc2C1. The van der Waals surface area contributed by atoms with Crippen molar-refractivity contribution in [3.8, 4) is 6.01 Å². The number of carbonyl (C=O) groups is 1. The van der Waals surface area contributed by atoms with Crippen LogP contribution in [0.2, 0.25) is 0 Å². The van der Waals surface area contributed by atoms with Crippen LogP contribution in [0, 0.1) is 0 Å². The standard InChI is InChI=1S/C21H26N4O3/c1-24-10-9-19-17(14-24)13-22-20(23-19)28-18-7-11-25(12-8-18)21(26)27-15-16-5-3-2-4-6-16/h2-6,13,18H,7-12,14-15H2,1H3. The monoisotopic (exact) mass is 382 g/mol. The first kappa shape index (κ1) is 18.7. The predicted octanol–water partition coefficient (Wildman–Crippen LogP) is 2.64. The summed E-state index contributed by atoms with van der Waals surface area (Å²) in [4.78, 5) is 25.2. The van der Waals surface area contributed by atoms with Crippen LogP contribution in [0.25, 0.3) is 0 Å². The number of piperidine rings is 1. The molecule has 0 aliphatic carbocycles. The molecule has 0 bridgehead atoms. The molecule has 1 amide bonds. The minimum absolute atomic E-state index is 0.0301. The first-order chi connectivity index (χ1) is 13.7. The molecule has 0 unspecified atom stereocenters. The maximum atomic E-state index is 12.3. The second-order valence-electron chi connectivity index (χ2n) is 7.46. The van der Waals surface area contributed by atoms with Gasteiger partial charge >= 0.3 is 12.1 Å². The molecule has 0 atom stereocenters. The smallest absolute Gasteiger partial charge is 0.410 e. The molecule has 2 aliphatic rings. The van der Waals surface area contributed by atoms with Crippen LogP contribution in [-0.4, -0.2) is 58.6 Å². The summed E-state index contributed by atoms with van der Waals surface area (Å²) in [6, 6.07) is 10.2. The van der Waals surface area contributed by atoms with Crippen LogP contribution >= 0.6 is 0 Å². The maximum absolute atomic E-state index is 12.3. The van der Waals surface area contributed by atoms with Crippen LogP contribution in [0.1, 0.15) is 29.7 Å². The molecule has 1 aromatic carbocycles. The second-order valence-corrected chi connectivity index (χ2v) is 7.46. The number of rotatable bonds is 4. The van der Waals surface area contributed by atoms with Crippen molar-refractivity contribution in [1.82, 2.24) is 19.8 Å². The van der Waals surface area contributed by atoms with E-state index in [0.717, 1.165) is 43.6 Å². The molecule has 2 aliphatic heterocycles. The van der Waals surface area contributed by atoms with Gasteiger partial charge in [-0.3, -0.25) is 0 Å². The minimum atomic E-state index is -0.267. The van der Waals surface area contributed by atoms with E-state index in [1.165, 1.54) is 5.56 Å². The summed E-state index contributed by atoms with van der Waals surface area (Å²) >= 11 is 0. The summed E-state index contributed by atoms with van der Waals surface area (Å²) < 4.78 is 11.4. The molecule has 0 spiro atoms. The molecule has 0 N–H and O–H groups in total. The molecule has 1 fully saturated rings. The number of hydrogen-bond acceptors (Lipinski definition) is 6. The van der Waals surface area contributed by atoms with Crippen molar-refractivity contribution in [2.45, 2.75) is 38.5 Å². The third-order valence-electron chi connectivity index (χ3n) is 5.28. The fourth-order valence-electron chi connectivity index (χ4n) is 3.61. The number of amides is 1. The van der Waals surface area contributed by atoms with Crippen molar-refractivity contribution in [2.24, 2.45) is 0 Å². The number of benzene rings is 1. The third-order valence-corrected chi connectivity index (χ3v) is 5.28. The number of nitrogens with zero attached hydrogens (tertiary/aromatic N) is 4. The fourth-order valence-corrected chi connectivity index (χ4v) is 3.61. The first-order valence-corrected chi connectivity index (χ1v) is 9.83. The van der Waals surface area contributed by atoms with E-state index in [1.54, 1.807) is 4.90 Å². The van der Waals surface area contributed by atoms with Gasteiger partial charge in [-0.05, 0) is 12.6 Å². The molecule has 148 valence electrons. The zero-order valence-electron chi connectivity index (χ0n) is 16.2. The molecular formula is C21H26N4O3. The van der Waals surface area contributed by atoms with E-state index in [-0.39, 0.29) is 12.2 Å². The zero-order valence-corrected chi connectivity index (χ0v) is 16.2. The van der Waals surface area contributed by atoms with Gasteiger partial charge in [0.25, 0.3) is 0 Å². The van der Waals surface area contributed by atoms with Crippen molar-refractivity contribution in [3.63, 3.8) is 0 Å². The lowest BCUT2D eigenvalue weighted by Gasteiger charge is -2.31. The Morgan fingerprint density at radius 1 is 1.18 bits per heavy atom. The van der Waals surface area contributed by atoms with Crippen molar-refractivity contribution < 1.29 is 14.3 Å². The van der Waals surface area contributed by atoms with E-state index >= 15 is 0 Å². The van der Waals surface area contributed by atoms with Gasteiger partial charge in [0.2, 0.25) is 0 Å². The van der Waals surface area contributed by atoms with Gasteiger partial charge in [0.15, 0.2) is 0 Å². The molecule has 4 rings (SSSR count). The largest absolute Gasteiger partial charge is 0.460 e. The number of fused-ring (bicyclic) bond motifs is 1. The van der Waals surface area contributed by atoms with Gasteiger partial charge in [0.05, 0.1) is 5.69 Å². The van der Waals surface area contributed by atoms with Crippen LogP contribution in [0.3, 0.4) is 0 Å². The van der Waals surface area contributed by atoms with Crippen molar-refractivity contribution in [2.75, 3.05) is 26.7 Å². The van der Waals surface area contributed by atoms with Gasteiger partial charge < -0.3 is 19.3 Å². The third kappa shape index (κ3) is 4.59. The highest BCUT2D eigenvalue weighted by Gasteiger charge is 2.26. The van der Waals surface area contributed by atoms with Crippen LogP contribution < -0.4 is 4.74 Å². The maximum Gasteiger partial charge on any atom is 0.410 e. The van der Waals surface area contributed by atoms with Gasteiger partial charge in [0, 0.05) is 57.2 Å². The molecule has 7 heteroatoms. The lowest BCUT2D eigenvalue weighted by molar-refractivity contribution is 0.0608. The molecule has 0 saturated carbocycles. The summed E-state index contributed by atoms with van der Waals surface area (Å²) in [6.45, 7) is 3.43. The molecule has 0 radical (unpaired) electrons. The summed E-state index contributed by atoms with van der Waals surface area (Å²) in [5.41, 5.74) is 3.26. The predicted molar refractivity (Wildman–Crippen MR) is 104 cm³/mol. The zero-order chi connectivity index (χ0) is 19.3. The number of aromatic nitrogens is 2. The molecular weight excluding hydrogens is 356 g/mol. The summed E-state index contributed by atoms with van der Waals surface area (Å²) in [5.74, 6) is 0. The second kappa shape index (κ2) is 8.56. The first-order valence-electron chi connectivity index (χ1n) is 9.83. The summed E-state index contributed by atoms with van der Waals surface area (Å²) in [6.07, 6.45) is 4.08. The number of ether oxygens (including phenoxy) is 2. The van der Waals surface area contributed by atoms with Gasteiger partial charge in [-0.25, -0.2) is 9.78 Å². The Bertz CT molecular complexity index is 807. The quantitative estimate of drug-likeness (QED) is 0.810. The van der Waals surface area contributed by atoms with E-state index in [4.69, 9.17) is 9.47 Å². The average molecular weight is 382 g/mol. The lowest BCUT2D eigenvalue weighted by Crippen LogP contribution is -2.42. The number of carbonyl (C=O) groups excluding carboxylic acids is 1. The lowest BCUT2D eigenvalue weighted by atomic mass is 10.1. The van der Waals surface area contributed by atoms with Crippen molar-refractivity contribution in [3.05, 3.63) is 53.3 Å². The number of likely N-dealkylation sites (tertiary alicyclic amines) is 1. The molecule has 1 saturated heterocycles. The number of hydrogen-bond donors (Lipinski definition) is 0. The van der Waals surface area contributed by atoms with E-state index < -0.39 is 0 Å². The van der Waals surface area contributed by atoms with Gasteiger partial charge in [-0.2, -0.15) is 4.98 Å². The van der Waals surface area contributed by atoms with E-state index in [0.29, 0.717) is 25.7 Å². The molecule has 7 nitrogen and oxygen atoms in total. The highest BCUT2D eigenvalue weighted by molar-refractivity contribution is 5.67.